The number of fused-ring (bicyclic) bond motifs is 2. The van der Waals surface area contributed by atoms with Crippen LogP contribution in [-0.4, -0.2) is 17.3 Å². The molecule has 1 fully saturated rings. The van der Waals surface area contributed by atoms with Crippen molar-refractivity contribution in [3.8, 4) is 0 Å². The fraction of sp³-hybridized carbons (Fsp3) is 0.462. The molecular formula is C13H14Cl2N2. The smallest absolute Gasteiger partial charge is 0.105 e. The lowest BCUT2D eigenvalue weighted by Crippen LogP contribution is -2.32. The minimum atomic E-state index is 0.667. The Kier molecular flexibility index (Phi) is 3.01. The average Bonchev–Trinajstić information content (AvgIpc) is 2.51. The SMILES string of the molecule is Clc1cc(Cl)c2c(c1)N=C1CCCCCN1[14CH2]2. The number of halogens is 2. The number of hydrogen-bond acceptors (Lipinski definition) is 2. The summed E-state index contributed by atoms with van der Waals surface area (Å²) in [5.41, 5.74) is 2.07. The summed E-state index contributed by atoms with van der Waals surface area (Å²) in [6.07, 6.45) is 4.85. The van der Waals surface area contributed by atoms with E-state index in [4.69, 9.17) is 28.2 Å². The molecule has 0 aromatic heterocycles. The molecule has 0 aliphatic carbocycles. The van der Waals surface area contributed by atoms with E-state index in [0.29, 0.717) is 5.02 Å². The zero-order valence-corrected chi connectivity index (χ0v) is 11.1. The van der Waals surface area contributed by atoms with Crippen LogP contribution in [-0.2, 0) is 6.54 Å². The number of benzene rings is 1. The molecule has 0 radical (unpaired) electrons. The first kappa shape index (κ1) is 11.4. The molecule has 0 unspecified atom stereocenters. The molecule has 0 N–H and O–H groups in total. The summed E-state index contributed by atoms with van der Waals surface area (Å²) in [6.45, 7) is 1.97. The third-order valence-electron chi connectivity index (χ3n) is 3.43. The highest BCUT2D eigenvalue weighted by Gasteiger charge is 2.23. The van der Waals surface area contributed by atoms with Crippen molar-refractivity contribution in [2.75, 3.05) is 6.54 Å². The van der Waals surface area contributed by atoms with Crippen LogP contribution < -0.4 is 0 Å². The van der Waals surface area contributed by atoms with Crippen LogP contribution in [0, 0.1) is 0 Å². The predicted octanol–water partition coefficient (Wildman–Crippen LogP) is 4.41. The Morgan fingerprint density at radius 2 is 2.06 bits per heavy atom. The minimum absolute atomic E-state index is 0.667. The molecule has 2 aliphatic heterocycles. The van der Waals surface area contributed by atoms with Crippen LogP contribution in [0.25, 0.3) is 0 Å². The second kappa shape index (κ2) is 4.51. The molecule has 1 aromatic rings. The van der Waals surface area contributed by atoms with Crippen molar-refractivity contribution >= 4 is 34.7 Å². The van der Waals surface area contributed by atoms with Gasteiger partial charge in [-0.25, -0.2) is 4.99 Å². The van der Waals surface area contributed by atoms with Crippen LogP contribution in [0.1, 0.15) is 31.2 Å². The van der Waals surface area contributed by atoms with Gasteiger partial charge < -0.3 is 4.90 Å². The summed E-state index contributed by atoms with van der Waals surface area (Å²) in [4.78, 5) is 7.08. The maximum absolute atomic E-state index is 6.24. The normalized spacial score (nSPS) is 19.2. The van der Waals surface area contributed by atoms with Gasteiger partial charge in [0.1, 0.15) is 5.84 Å². The Labute approximate surface area is 111 Å². The molecule has 0 spiro atoms. The summed E-state index contributed by atoms with van der Waals surface area (Å²) < 4.78 is 0. The van der Waals surface area contributed by atoms with Gasteiger partial charge >= 0.3 is 0 Å². The van der Waals surface area contributed by atoms with Gasteiger partial charge in [-0.05, 0) is 25.0 Å². The zero-order valence-electron chi connectivity index (χ0n) is 9.55. The summed E-state index contributed by atoms with van der Waals surface area (Å²) in [5.74, 6) is 1.20. The summed E-state index contributed by atoms with van der Waals surface area (Å²) in [5, 5.41) is 1.40. The van der Waals surface area contributed by atoms with Crippen LogP contribution in [0.2, 0.25) is 10.0 Å². The van der Waals surface area contributed by atoms with Crippen LogP contribution >= 0.6 is 23.2 Å². The lowest BCUT2D eigenvalue weighted by atomic mass is 10.2. The van der Waals surface area contributed by atoms with E-state index in [-0.39, 0.29) is 0 Å². The van der Waals surface area contributed by atoms with E-state index in [2.05, 4.69) is 4.90 Å². The van der Waals surface area contributed by atoms with Crippen molar-refractivity contribution in [2.45, 2.75) is 32.2 Å². The number of aliphatic imine (C=N–C) groups is 1. The van der Waals surface area contributed by atoms with E-state index >= 15 is 0 Å². The summed E-state index contributed by atoms with van der Waals surface area (Å²) in [7, 11) is 0. The van der Waals surface area contributed by atoms with Crippen LogP contribution in [0.15, 0.2) is 17.1 Å². The minimum Gasteiger partial charge on any atom is -0.356 e. The second-order valence-electron chi connectivity index (χ2n) is 4.65. The third-order valence-corrected chi connectivity index (χ3v) is 3.98. The molecular weight excluding hydrogens is 257 g/mol. The quantitative estimate of drug-likeness (QED) is 0.682. The number of rotatable bonds is 0. The van der Waals surface area contributed by atoms with Gasteiger partial charge in [-0.15, -0.1) is 0 Å². The summed E-state index contributed by atoms with van der Waals surface area (Å²) in [6, 6.07) is 3.72. The van der Waals surface area contributed by atoms with Gasteiger partial charge in [-0.3, -0.25) is 0 Å². The van der Waals surface area contributed by atoms with Crippen molar-refractivity contribution in [1.29, 1.82) is 0 Å². The lowest BCUT2D eigenvalue weighted by molar-refractivity contribution is 0.403. The van der Waals surface area contributed by atoms with Gasteiger partial charge in [0.15, 0.2) is 0 Å². The Bertz CT molecular complexity index is 483. The number of nitrogens with zero attached hydrogens (tertiary/aromatic N) is 2. The molecule has 2 heterocycles. The highest BCUT2D eigenvalue weighted by atomic mass is 35.5. The van der Waals surface area contributed by atoms with E-state index in [1.165, 1.54) is 25.1 Å². The molecule has 17 heavy (non-hydrogen) atoms. The average molecular weight is 271 g/mol. The molecule has 90 valence electrons. The Balaban J connectivity index is 2.05. The largest absolute Gasteiger partial charge is 0.356 e. The molecule has 4 heteroatoms. The van der Waals surface area contributed by atoms with Crippen LogP contribution in [0.3, 0.4) is 0 Å². The van der Waals surface area contributed by atoms with E-state index in [1.807, 2.05) is 6.07 Å². The Morgan fingerprint density at radius 1 is 1.18 bits per heavy atom. The third kappa shape index (κ3) is 2.16. The molecule has 0 saturated carbocycles. The van der Waals surface area contributed by atoms with Gasteiger partial charge in [0, 0.05) is 35.1 Å². The topological polar surface area (TPSA) is 15.6 Å². The fourth-order valence-electron chi connectivity index (χ4n) is 2.52. The highest BCUT2D eigenvalue weighted by Crippen LogP contribution is 2.36. The molecule has 3 rings (SSSR count). The van der Waals surface area contributed by atoms with Crippen molar-refractivity contribution in [3.05, 3.63) is 27.7 Å². The molecule has 1 saturated heterocycles. The Hall–Kier alpha value is -0.730. The first-order chi connectivity index (χ1) is 8.24. The standard InChI is InChI=1S/C13H14Cl2N2/c14-9-6-11(15)10-8-17-5-3-1-2-4-13(17)16-12(10)7-9/h6-7H,1-5,8H2/i8+2. The van der Waals surface area contributed by atoms with Crippen molar-refractivity contribution in [2.24, 2.45) is 4.99 Å². The first-order valence-corrected chi connectivity index (χ1v) is 6.80. The van der Waals surface area contributed by atoms with Gasteiger partial charge in [-0.1, -0.05) is 29.6 Å². The predicted molar refractivity (Wildman–Crippen MR) is 72.4 cm³/mol. The van der Waals surface area contributed by atoms with Gasteiger partial charge in [0.05, 0.1) is 5.69 Å². The second-order valence-corrected chi connectivity index (χ2v) is 5.49. The number of hydrogen-bond donors (Lipinski definition) is 0. The lowest BCUT2D eigenvalue weighted by Gasteiger charge is -2.29. The van der Waals surface area contributed by atoms with E-state index in [9.17, 15) is 0 Å². The molecule has 0 bridgehead atoms. The van der Waals surface area contributed by atoms with Crippen LogP contribution in [0.5, 0.6) is 0 Å². The van der Waals surface area contributed by atoms with E-state index in [1.54, 1.807) is 6.07 Å². The van der Waals surface area contributed by atoms with Gasteiger partial charge in [0.25, 0.3) is 0 Å². The van der Waals surface area contributed by atoms with Crippen molar-refractivity contribution in [3.63, 3.8) is 0 Å². The fourth-order valence-corrected chi connectivity index (χ4v) is 3.07. The molecule has 2 nitrogen and oxygen atoms in total. The van der Waals surface area contributed by atoms with Crippen molar-refractivity contribution < 1.29 is 0 Å². The molecule has 0 atom stereocenters. The monoisotopic (exact) mass is 270 g/mol. The van der Waals surface area contributed by atoms with Gasteiger partial charge in [-0.2, -0.15) is 0 Å². The first-order valence-electron chi connectivity index (χ1n) is 6.04. The maximum Gasteiger partial charge on any atom is 0.105 e. The van der Waals surface area contributed by atoms with E-state index < -0.39 is 0 Å². The maximum atomic E-state index is 6.24. The highest BCUT2D eigenvalue weighted by molar-refractivity contribution is 6.35. The molecule has 0 amide bonds. The zero-order chi connectivity index (χ0) is 11.8. The molecule has 2 aliphatic rings. The summed E-state index contributed by atoms with van der Waals surface area (Å²) >= 11 is 12.3. The Morgan fingerprint density at radius 3 is 2.94 bits per heavy atom. The molecule has 1 aromatic carbocycles. The number of amidine groups is 1. The van der Waals surface area contributed by atoms with Crippen LogP contribution in [0.4, 0.5) is 5.69 Å². The van der Waals surface area contributed by atoms with Gasteiger partial charge in [0.2, 0.25) is 0 Å². The van der Waals surface area contributed by atoms with Crippen molar-refractivity contribution in [1.82, 2.24) is 4.90 Å². The van der Waals surface area contributed by atoms with E-state index in [0.717, 1.165) is 35.8 Å².